The van der Waals surface area contributed by atoms with E-state index in [9.17, 15) is 9.90 Å². The van der Waals surface area contributed by atoms with Crippen LogP contribution in [-0.4, -0.2) is 30.9 Å². The van der Waals surface area contributed by atoms with Gasteiger partial charge < -0.3 is 14.6 Å². The van der Waals surface area contributed by atoms with Gasteiger partial charge >= 0.3 is 5.97 Å². The van der Waals surface area contributed by atoms with Crippen LogP contribution in [-0.2, 0) is 22.4 Å². The SMILES string of the molecule is COC(=O)[C@@H](O)C[C@@H]1CCc2ccc3c(c21)CCO3. The van der Waals surface area contributed by atoms with Crippen molar-refractivity contribution in [1.29, 1.82) is 0 Å². The van der Waals surface area contributed by atoms with Gasteiger partial charge in [-0.05, 0) is 42.4 Å². The molecule has 3 rings (SSSR count). The molecule has 102 valence electrons. The Morgan fingerprint density at radius 2 is 2.37 bits per heavy atom. The lowest BCUT2D eigenvalue weighted by atomic mass is 9.90. The highest BCUT2D eigenvalue weighted by Crippen LogP contribution is 2.43. The molecular formula is C15H18O4. The maximum absolute atomic E-state index is 11.3. The molecule has 0 bridgehead atoms. The van der Waals surface area contributed by atoms with Crippen LogP contribution in [0.5, 0.6) is 5.75 Å². The van der Waals surface area contributed by atoms with E-state index in [2.05, 4.69) is 10.8 Å². The lowest BCUT2D eigenvalue weighted by molar-refractivity contribution is -0.150. The van der Waals surface area contributed by atoms with E-state index in [1.165, 1.54) is 23.8 Å². The summed E-state index contributed by atoms with van der Waals surface area (Å²) in [4.78, 5) is 11.3. The van der Waals surface area contributed by atoms with Gasteiger partial charge in [0.05, 0.1) is 13.7 Å². The Labute approximate surface area is 112 Å². The van der Waals surface area contributed by atoms with E-state index >= 15 is 0 Å². The van der Waals surface area contributed by atoms with E-state index in [4.69, 9.17) is 4.74 Å². The Hall–Kier alpha value is -1.55. The maximum Gasteiger partial charge on any atom is 0.334 e. The number of carbonyl (C=O) groups excluding carboxylic acids is 1. The Balaban J connectivity index is 1.86. The first-order valence-electron chi connectivity index (χ1n) is 6.74. The minimum absolute atomic E-state index is 0.237. The van der Waals surface area contributed by atoms with Gasteiger partial charge in [-0.1, -0.05) is 6.07 Å². The Morgan fingerprint density at radius 3 is 3.16 bits per heavy atom. The zero-order valence-corrected chi connectivity index (χ0v) is 11.0. The van der Waals surface area contributed by atoms with Gasteiger partial charge in [0, 0.05) is 12.0 Å². The largest absolute Gasteiger partial charge is 0.493 e. The fraction of sp³-hybridized carbons (Fsp3) is 0.533. The van der Waals surface area contributed by atoms with Crippen LogP contribution in [0.3, 0.4) is 0 Å². The summed E-state index contributed by atoms with van der Waals surface area (Å²) >= 11 is 0. The number of carbonyl (C=O) groups is 1. The van der Waals surface area contributed by atoms with Crippen molar-refractivity contribution in [2.24, 2.45) is 0 Å². The molecule has 1 N–H and O–H groups in total. The first kappa shape index (κ1) is 12.5. The zero-order valence-electron chi connectivity index (χ0n) is 11.0. The lowest BCUT2D eigenvalue weighted by Gasteiger charge is -2.17. The van der Waals surface area contributed by atoms with Crippen molar-refractivity contribution >= 4 is 5.97 Å². The first-order chi connectivity index (χ1) is 9.20. The highest BCUT2D eigenvalue weighted by molar-refractivity contribution is 5.74. The van der Waals surface area contributed by atoms with Crippen molar-refractivity contribution in [3.63, 3.8) is 0 Å². The van der Waals surface area contributed by atoms with Crippen molar-refractivity contribution in [3.05, 3.63) is 28.8 Å². The van der Waals surface area contributed by atoms with Gasteiger partial charge in [0.2, 0.25) is 0 Å². The molecule has 0 radical (unpaired) electrons. The van der Waals surface area contributed by atoms with Crippen molar-refractivity contribution in [2.75, 3.05) is 13.7 Å². The molecule has 0 fully saturated rings. The Morgan fingerprint density at radius 1 is 1.53 bits per heavy atom. The average molecular weight is 262 g/mol. The predicted octanol–water partition coefficient (Wildman–Crippen LogP) is 1.58. The summed E-state index contributed by atoms with van der Waals surface area (Å²) in [7, 11) is 1.31. The van der Waals surface area contributed by atoms with Crippen molar-refractivity contribution in [1.82, 2.24) is 0 Å². The molecule has 1 aromatic rings. The highest BCUT2D eigenvalue weighted by atomic mass is 16.5. The zero-order chi connectivity index (χ0) is 13.4. The van der Waals surface area contributed by atoms with Gasteiger partial charge in [0.15, 0.2) is 6.10 Å². The van der Waals surface area contributed by atoms with Gasteiger partial charge in [-0.15, -0.1) is 0 Å². The molecule has 1 aromatic carbocycles. The van der Waals surface area contributed by atoms with Crippen LogP contribution >= 0.6 is 0 Å². The quantitative estimate of drug-likeness (QED) is 0.840. The van der Waals surface area contributed by atoms with E-state index < -0.39 is 12.1 Å². The van der Waals surface area contributed by atoms with E-state index in [1.807, 2.05) is 6.07 Å². The molecule has 1 heterocycles. The third kappa shape index (κ3) is 2.10. The Bertz CT molecular complexity index is 509. The number of fused-ring (bicyclic) bond motifs is 3. The third-order valence-corrected chi connectivity index (χ3v) is 4.17. The number of hydrogen-bond donors (Lipinski definition) is 1. The second-order valence-corrected chi connectivity index (χ2v) is 5.22. The number of methoxy groups -OCH3 is 1. The van der Waals surface area contributed by atoms with E-state index in [0.717, 1.165) is 31.6 Å². The molecule has 19 heavy (non-hydrogen) atoms. The van der Waals surface area contributed by atoms with E-state index in [0.29, 0.717) is 6.42 Å². The van der Waals surface area contributed by atoms with Crippen LogP contribution < -0.4 is 4.74 Å². The molecule has 0 saturated carbocycles. The predicted molar refractivity (Wildman–Crippen MR) is 69.3 cm³/mol. The highest BCUT2D eigenvalue weighted by Gasteiger charge is 2.32. The summed E-state index contributed by atoms with van der Waals surface area (Å²) in [5.74, 6) is 0.663. The monoisotopic (exact) mass is 262 g/mol. The third-order valence-electron chi connectivity index (χ3n) is 4.17. The minimum Gasteiger partial charge on any atom is -0.493 e. The Kier molecular flexibility index (Phi) is 3.19. The summed E-state index contributed by atoms with van der Waals surface area (Å²) in [6, 6.07) is 4.16. The molecular weight excluding hydrogens is 244 g/mol. The minimum atomic E-state index is -1.03. The fourth-order valence-electron chi connectivity index (χ4n) is 3.29. The van der Waals surface area contributed by atoms with Crippen molar-refractivity contribution in [3.8, 4) is 5.75 Å². The molecule has 1 aliphatic heterocycles. The molecule has 1 aliphatic carbocycles. The number of esters is 1. The topological polar surface area (TPSA) is 55.8 Å². The van der Waals surface area contributed by atoms with Crippen LogP contribution in [0, 0.1) is 0 Å². The number of hydrogen-bond acceptors (Lipinski definition) is 4. The fourth-order valence-corrected chi connectivity index (χ4v) is 3.29. The van der Waals surface area contributed by atoms with Crippen LogP contribution in [0.15, 0.2) is 12.1 Å². The van der Waals surface area contributed by atoms with Crippen LogP contribution in [0.4, 0.5) is 0 Å². The van der Waals surface area contributed by atoms with Gasteiger partial charge in [-0.3, -0.25) is 0 Å². The van der Waals surface area contributed by atoms with Crippen molar-refractivity contribution < 1.29 is 19.4 Å². The molecule has 4 nitrogen and oxygen atoms in total. The molecule has 0 saturated heterocycles. The van der Waals surface area contributed by atoms with Gasteiger partial charge in [-0.2, -0.15) is 0 Å². The number of aryl methyl sites for hydroxylation is 1. The summed E-state index contributed by atoms with van der Waals surface area (Å²) in [6.07, 6.45) is 2.35. The number of ether oxygens (including phenoxy) is 2. The summed E-state index contributed by atoms with van der Waals surface area (Å²) < 4.78 is 10.2. The van der Waals surface area contributed by atoms with Crippen LogP contribution in [0.1, 0.15) is 35.4 Å². The first-order valence-corrected chi connectivity index (χ1v) is 6.74. The molecule has 0 aromatic heterocycles. The van der Waals surface area contributed by atoms with Crippen LogP contribution in [0.2, 0.25) is 0 Å². The lowest BCUT2D eigenvalue weighted by Crippen LogP contribution is -2.23. The average Bonchev–Trinajstić information content (AvgIpc) is 3.03. The molecule has 2 atom stereocenters. The van der Waals surface area contributed by atoms with Crippen molar-refractivity contribution in [2.45, 2.75) is 37.7 Å². The maximum atomic E-state index is 11.3. The molecule has 2 aliphatic rings. The molecule has 0 unspecified atom stereocenters. The van der Waals surface area contributed by atoms with Gasteiger partial charge in [0.1, 0.15) is 5.75 Å². The number of aliphatic hydroxyl groups is 1. The van der Waals surface area contributed by atoms with Crippen LogP contribution in [0.25, 0.3) is 0 Å². The second-order valence-electron chi connectivity index (χ2n) is 5.22. The van der Waals surface area contributed by atoms with E-state index in [-0.39, 0.29) is 5.92 Å². The summed E-state index contributed by atoms with van der Waals surface area (Å²) in [5, 5.41) is 9.85. The van der Waals surface area contributed by atoms with E-state index in [1.54, 1.807) is 0 Å². The number of benzene rings is 1. The second kappa shape index (κ2) is 4.85. The smallest absolute Gasteiger partial charge is 0.334 e. The standard InChI is InChI=1S/C15H18O4/c1-18-15(17)12(16)8-10-3-2-9-4-5-13-11(14(9)10)6-7-19-13/h4-5,10,12,16H,2-3,6-8H2,1H3/t10-,12-/m0/s1. The number of rotatable bonds is 3. The molecule has 4 heteroatoms. The van der Waals surface area contributed by atoms with Gasteiger partial charge in [-0.25, -0.2) is 4.79 Å². The normalized spacial score (nSPS) is 21.5. The summed E-state index contributed by atoms with van der Waals surface area (Å²) in [6.45, 7) is 0.734. The number of aliphatic hydroxyl groups excluding tert-OH is 1. The van der Waals surface area contributed by atoms with Gasteiger partial charge in [0.25, 0.3) is 0 Å². The molecule has 0 spiro atoms. The summed E-state index contributed by atoms with van der Waals surface area (Å²) in [5.41, 5.74) is 3.92. The molecule has 0 amide bonds.